The summed E-state index contributed by atoms with van der Waals surface area (Å²) >= 11 is 0. The van der Waals surface area contributed by atoms with E-state index in [4.69, 9.17) is 19.8 Å². The van der Waals surface area contributed by atoms with Crippen LogP contribution in [0.5, 0.6) is 0 Å². The molecule has 1 aromatic carbocycles. The number of nitrogens with zero attached hydrogens (tertiary/aromatic N) is 4. The summed E-state index contributed by atoms with van der Waals surface area (Å²) in [6.45, 7) is 2.84. The van der Waals surface area contributed by atoms with E-state index in [1.165, 1.54) is 5.56 Å². The molecule has 0 spiro atoms. The van der Waals surface area contributed by atoms with Gasteiger partial charge in [0.25, 0.3) is 0 Å². The zero-order valence-electron chi connectivity index (χ0n) is 20.7. The van der Waals surface area contributed by atoms with Crippen molar-refractivity contribution in [2.75, 3.05) is 13.1 Å². The van der Waals surface area contributed by atoms with Gasteiger partial charge in [0.05, 0.1) is 11.7 Å². The molecule has 0 aliphatic carbocycles. The lowest BCUT2D eigenvalue weighted by atomic mass is 10.0. The van der Waals surface area contributed by atoms with Gasteiger partial charge in [0.2, 0.25) is 5.56 Å². The van der Waals surface area contributed by atoms with E-state index in [2.05, 4.69) is 50.7 Å². The van der Waals surface area contributed by atoms with Crippen LogP contribution in [0.15, 0.2) is 59.7 Å². The molecular formula is C24H25F6N5O5. The Morgan fingerprint density at radius 1 is 0.925 bits per heavy atom. The van der Waals surface area contributed by atoms with Crippen LogP contribution in [0.3, 0.4) is 0 Å². The Morgan fingerprint density at radius 2 is 1.48 bits per heavy atom. The number of alkyl halides is 6. The monoisotopic (exact) mass is 577 g/mol. The van der Waals surface area contributed by atoms with E-state index in [1.807, 2.05) is 16.8 Å². The fourth-order valence-electron chi connectivity index (χ4n) is 3.57. The third-order valence-electron chi connectivity index (χ3n) is 5.45. The van der Waals surface area contributed by atoms with E-state index < -0.39 is 24.3 Å². The Labute approximate surface area is 222 Å². The van der Waals surface area contributed by atoms with Gasteiger partial charge in [-0.2, -0.15) is 26.3 Å². The summed E-state index contributed by atoms with van der Waals surface area (Å²) in [6.07, 6.45) is -3.44. The van der Waals surface area contributed by atoms with E-state index >= 15 is 0 Å². The summed E-state index contributed by atoms with van der Waals surface area (Å²) in [5.74, 6) is -5.51. The maximum atomic E-state index is 11.4. The number of carboxylic acid groups (broad SMARTS) is 2. The van der Waals surface area contributed by atoms with Gasteiger partial charge in [-0.05, 0) is 30.0 Å². The van der Waals surface area contributed by atoms with Gasteiger partial charge in [-0.15, -0.1) is 5.10 Å². The molecular weight excluding hydrogens is 552 g/mol. The number of aliphatic carboxylic acids is 2. The third kappa shape index (κ3) is 11.3. The number of halogens is 6. The van der Waals surface area contributed by atoms with Gasteiger partial charge in [0.15, 0.2) is 0 Å². The van der Waals surface area contributed by atoms with Crippen molar-refractivity contribution < 1.29 is 46.1 Å². The SMILES string of the molecule is O=C(O)C(F)(F)F.O=C(O)C(F)(F)F.O=c1cc(CN2CCC(n3cc(Cc4ccccc4)nn3)CC2)cc[nH]1. The topological polar surface area (TPSA) is 141 Å². The Balaban J connectivity index is 0.000000333. The number of hydrogen-bond acceptors (Lipinski definition) is 6. The van der Waals surface area contributed by atoms with E-state index in [-0.39, 0.29) is 5.56 Å². The maximum absolute atomic E-state index is 11.4. The molecule has 2 aromatic heterocycles. The lowest BCUT2D eigenvalue weighted by molar-refractivity contribution is -0.193. The minimum Gasteiger partial charge on any atom is -0.475 e. The predicted octanol–water partition coefficient (Wildman–Crippen LogP) is 3.66. The molecule has 3 aromatic rings. The number of H-pyrrole nitrogens is 1. The number of likely N-dealkylation sites (tertiary alicyclic amines) is 1. The van der Waals surface area contributed by atoms with Gasteiger partial charge in [0.1, 0.15) is 0 Å². The van der Waals surface area contributed by atoms with Crippen molar-refractivity contribution >= 4 is 11.9 Å². The van der Waals surface area contributed by atoms with Crippen LogP contribution in [-0.4, -0.2) is 72.5 Å². The summed E-state index contributed by atoms with van der Waals surface area (Å²) < 4.78 is 65.5. The number of benzene rings is 1. The first-order valence-electron chi connectivity index (χ1n) is 11.6. The first-order chi connectivity index (χ1) is 18.6. The van der Waals surface area contributed by atoms with Crippen LogP contribution in [0, 0.1) is 0 Å². The third-order valence-corrected chi connectivity index (χ3v) is 5.45. The first kappa shape index (κ1) is 32.0. The van der Waals surface area contributed by atoms with Crippen LogP contribution >= 0.6 is 0 Å². The minimum absolute atomic E-state index is 0.0362. The van der Waals surface area contributed by atoms with Gasteiger partial charge in [-0.3, -0.25) is 9.69 Å². The normalized spacial score (nSPS) is 14.3. The van der Waals surface area contributed by atoms with Crippen LogP contribution in [0.4, 0.5) is 26.3 Å². The molecule has 1 saturated heterocycles. The van der Waals surface area contributed by atoms with Gasteiger partial charge in [-0.1, -0.05) is 35.5 Å². The lowest BCUT2D eigenvalue weighted by Gasteiger charge is -2.31. The molecule has 0 radical (unpaired) electrons. The minimum atomic E-state index is -5.08. The van der Waals surface area contributed by atoms with Gasteiger partial charge >= 0.3 is 24.3 Å². The van der Waals surface area contributed by atoms with Crippen molar-refractivity contribution in [1.29, 1.82) is 0 Å². The molecule has 40 heavy (non-hydrogen) atoms. The van der Waals surface area contributed by atoms with Crippen molar-refractivity contribution in [3.05, 3.63) is 82.0 Å². The number of pyridine rings is 1. The fraction of sp³-hybridized carbons (Fsp3) is 0.375. The highest BCUT2D eigenvalue weighted by atomic mass is 19.4. The molecule has 4 rings (SSSR count). The number of carboxylic acids is 2. The van der Waals surface area contributed by atoms with Crippen LogP contribution in [0.1, 0.15) is 35.7 Å². The fourth-order valence-corrected chi connectivity index (χ4v) is 3.57. The second kappa shape index (κ2) is 14.3. The zero-order valence-corrected chi connectivity index (χ0v) is 20.7. The van der Waals surface area contributed by atoms with E-state index in [1.54, 1.807) is 12.3 Å². The van der Waals surface area contributed by atoms with E-state index in [9.17, 15) is 31.1 Å². The molecule has 0 unspecified atom stereocenters. The quantitative estimate of drug-likeness (QED) is 0.390. The molecule has 10 nitrogen and oxygen atoms in total. The number of hydrogen-bond donors (Lipinski definition) is 3. The second-order valence-corrected chi connectivity index (χ2v) is 8.53. The molecule has 218 valence electrons. The number of nitrogens with one attached hydrogen (secondary N) is 1. The molecule has 3 N–H and O–H groups in total. The predicted molar refractivity (Wildman–Crippen MR) is 127 cm³/mol. The van der Waals surface area contributed by atoms with Crippen LogP contribution < -0.4 is 5.56 Å². The second-order valence-electron chi connectivity index (χ2n) is 8.53. The smallest absolute Gasteiger partial charge is 0.475 e. The van der Waals surface area contributed by atoms with E-state index in [0.717, 1.165) is 50.2 Å². The number of aromatic amines is 1. The molecule has 3 heterocycles. The van der Waals surface area contributed by atoms with Crippen LogP contribution in [0.25, 0.3) is 0 Å². The van der Waals surface area contributed by atoms with Gasteiger partial charge in [0, 0.05) is 44.5 Å². The maximum Gasteiger partial charge on any atom is 0.490 e. The Kier molecular flexibility index (Phi) is 11.4. The molecule has 1 aliphatic rings. The summed E-state index contributed by atoms with van der Waals surface area (Å²) in [7, 11) is 0. The van der Waals surface area contributed by atoms with Gasteiger partial charge < -0.3 is 15.2 Å². The van der Waals surface area contributed by atoms with Crippen molar-refractivity contribution in [1.82, 2.24) is 24.9 Å². The van der Waals surface area contributed by atoms with E-state index in [0.29, 0.717) is 6.04 Å². The summed E-state index contributed by atoms with van der Waals surface area (Å²) in [6, 6.07) is 14.4. The summed E-state index contributed by atoms with van der Waals surface area (Å²) in [4.78, 5) is 34.3. The van der Waals surface area contributed by atoms with Crippen molar-refractivity contribution in [3.63, 3.8) is 0 Å². The number of piperidine rings is 1. The molecule has 16 heteroatoms. The average Bonchev–Trinajstić information content (AvgIpc) is 3.33. The standard InChI is InChI=1S/C20H23N5O.2C2HF3O2/c26-20-13-17(6-9-21-20)14-24-10-7-19(8-11-24)25-15-18(22-23-25)12-16-4-2-1-3-5-16;2*3-2(4,5)1(6)7/h1-6,9,13,15,19H,7-8,10-12,14H2,(H,21,26);2*(H,6,7). The summed E-state index contributed by atoms with van der Waals surface area (Å²) in [5, 5.41) is 23.0. The largest absolute Gasteiger partial charge is 0.490 e. The Hall–Kier alpha value is -4.21. The van der Waals surface area contributed by atoms with Crippen molar-refractivity contribution in [2.45, 2.75) is 44.2 Å². The van der Waals surface area contributed by atoms with Crippen LogP contribution in [0.2, 0.25) is 0 Å². The summed E-state index contributed by atoms with van der Waals surface area (Å²) in [5.41, 5.74) is 3.30. The number of aromatic nitrogens is 4. The number of carbonyl (C=O) groups is 2. The highest BCUT2D eigenvalue weighted by Gasteiger charge is 2.38. The lowest BCUT2D eigenvalue weighted by Crippen LogP contribution is -2.34. The molecule has 0 amide bonds. The number of rotatable bonds is 5. The molecule has 0 atom stereocenters. The van der Waals surface area contributed by atoms with Gasteiger partial charge in [-0.25, -0.2) is 14.3 Å². The zero-order chi connectivity index (χ0) is 29.9. The molecule has 0 bridgehead atoms. The molecule has 1 aliphatic heterocycles. The van der Waals surface area contributed by atoms with Crippen molar-refractivity contribution in [3.8, 4) is 0 Å². The highest BCUT2D eigenvalue weighted by molar-refractivity contribution is 5.73. The Bertz CT molecular complexity index is 1260. The highest BCUT2D eigenvalue weighted by Crippen LogP contribution is 2.23. The average molecular weight is 577 g/mol. The Morgan fingerprint density at radius 3 is 1.98 bits per heavy atom. The first-order valence-corrected chi connectivity index (χ1v) is 11.6. The molecule has 0 saturated carbocycles. The van der Waals surface area contributed by atoms with Crippen LogP contribution in [-0.2, 0) is 22.6 Å². The van der Waals surface area contributed by atoms with Crippen molar-refractivity contribution in [2.24, 2.45) is 0 Å². The molecule has 1 fully saturated rings.